The Kier molecular flexibility index (Phi) is 2.94. The van der Waals surface area contributed by atoms with Crippen molar-refractivity contribution in [2.24, 2.45) is 0 Å². The molecule has 3 rings (SSSR count). The van der Waals surface area contributed by atoms with Crippen molar-refractivity contribution in [3.63, 3.8) is 0 Å². The van der Waals surface area contributed by atoms with Crippen LogP contribution in [-0.2, 0) is 6.54 Å². The van der Waals surface area contributed by atoms with Gasteiger partial charge in [-0.1, -0.05) is 36.8 Å². The summed E-state index contributed by atoms with van der Waals surface area (Å²) in [6, 6.07) is 12.3. The molecule has 0 amide bonds. The van der Waals surface area contributed by atoms with Crippen LogP contribution in [0.2, 0.25) is 0 Å². The van der Waals surface area contributed by atoms with Crippen molar-refractivity contribution >= 4 is 0 Å². The second-order valence-corrected chi connectivity index (χ2v) is 5.17. The topological polar surface area (TPSA) is 15.3 Å². The fourth-order valence-electron chi connectivity index (χ4n) is 3.07. The van der Waals surface area contributed by atoms with Gasteiger partial charge in [-0.15, -0.1) is 0 Å². The van der Waals surface area contributed by atoms with Gasteiger partial charge in [0, 0.05) is 31.7 Å². The Hall–Kier alpha value is -0.860. The number of likely N-dealkylation sites (tertiary alicyclic amines) is 1. The van der Waals surface area contributed by atoms with Gasteiger partial charge in [0.15, 0.2) is 0 Å². The Balaban J connectivity index is 1.63. The Bertz CT molecular complexity index is 324. The van der Waals surface area contributed by atoms with Crippen molar-refractivity contribution in [3.05, 3.63) is 35.9 Å². The van der Waals surface area contributed by atoms with Gasteiger partial charge in [0.2, 0.25) is 0 Å². The highest BCUT2D eigenvalue weighted by molar-refractivity contribution is 5.14. The van der Waals surface area contributed by atoms with Crippen LogP contribution in [0.1, 0.15) is 24.8 Å². The third-order valence-corrected chi connectivity index (χ3v) is 3.78. The molecule has 0 aromatic heterocycles. The van der Waals surface area contributed by atoms with E-state index in [2.05, 4.69) is 40.5 Å². The van der Waals surface area contributed by atoms with Crippen LogP contribution < -0.4 is 5.32 Å². The Labute approximate surface area is 97.6 Å². The van der Waals surface area contributed by atoms with E-state index in [-0.39, 0.29) is 0 Å². The van der Waals surface area contributed by atoms with Gasteiger partial charge in [0.1, 0.15) is 0 Å². The summed E-state index contributed by atoms with van der Waals surface area (Å²) in [5, 5.41) is 3.73. The van der Waals surface area contributed by atoms with E-state index in [0.29, 0.717) is 0 Å². The Morgan fingerprint density at radius 3 is 2.44 bits per heavy atom. The van der Waals surface area contributed by atoms with Gasteiger partial charge in [-0.3, -0.25) is 4.90 Å². The van der Waals surface area contributed by atoms with Crippen molar-refractivity contribution < 1.29 is 0 Å². The number of nitrogens with one attached hydrogen (secondary N) is 1. The van der Waals surface area contributed by atoms with E-state index >= 15 is 0 Å². The quantitative estimate of drug-likeness (QED) is 0.813. The van der Waals surface area contributed by atoms with Crippen LogP contribution in [0.25, 0.3) is 0 Å². The molecule has 2 heterocycles. The number of piperazine rings is 1. The zero-order valence-corrected chi connectivity index (χ0v) is 9.73. The van der Waals surface area contributed by atoms with Crippen LogP contribution in [0.15, 0.2) is 30.3 Å². The van der Waals surface area contributed by atoms with E-state index in [4.69, 9.17) is 0 Å². The SMILES string of the molecule is c1ccc(CN2CC3CCC[C@H](C2)N3)cc1. The fraction of sp³-hybridized carbons (Fsp3) is 0.571. The van der Waals surface area contributed by atoms with Crippen LogP contribution >= 0.6 is 0 Å². The minimum Gasteiger partial charge on any atom is -0.309 e. The normalized spacial score (nSPS) is 30.2. The number of hydrogen-bond donors (Lipinski definition) is 1. The molecule has 2 saturated heterocycles. The van der Waals surface area contributed by atoms with E-state index in [0.717, 1.165) is 18.6 Å². The zero-order chi connectivity index (χ0) is 10.8. The van der Waals surface area contributed by atoms with E-state index in [1.165, 1.54) is 37.9 Å². The molecule has 2 aliphatic rings. The molecule has 1 unspecified atom stereocenters. The lowest BCUT2D eigenvalue weighted by Crippen LogP contribution is -2.58. The number of nitrogens with zero attached hydrogens (tertiary/aromatic N) is 1. The van der Waals surface area contributed by atoms with Gasteiger partial charge in [-0.05, 0) is 18.4 Å². The van der Waals surface area contributed by atoms with E-state index in [1.54, 1.807) is 0 Å². The van der Waals surface area contributed by atoms with Crippen LogP contribution in [-0.4, -0.2) is 30.1 Å². The molecular formula is C14H20N2. The number of fused-ring (bicyclic) bond motifs is 2. The van der Waals surface area contributed by atoms with Gasteiger partial charge < -0.3 is 5.32 Å². The monoisotopic (exact) mass is 216 g/mol. The van der Waals surface area contributed by atoms with Gasteiger partial charge >= 0.3 is 0 Å². The average Bonchev–Trinajstić information content (AvgIpc) is 2.30. The second-order valence-electron chi connectivity index (χ2n) is 5.17. The first-order valence-corrected chi connectivity index (χ1v) is 6.42. The summed E-state index contributed by atoms with van der Waals surface area (Å²) >= 11 is 0. The molecule has 1 aromatic rings. The zero-order valence-electron chi connectivity index (χ0n) is 9.73. The summed E-state index contributed by atoms with van der Waals surface area (Å²) in [5.74, 6) is 0. The first kappa shape index (κ1) is 10.3. The highest BCUT2D eigenvalue weighted by Gasteiger charge is 2.29. The smallest absolute Gasteiger partial charge is 0.0235 e. The fourth-order valence-corrected chi connectivity index (χ4v) is 3.07. The maximum atomic E-state index is 3.73. The summed E-state index contributed by atoms with van der Waals surface area (Å²) in [7, 11) is 0. The lowest BCUT2D eigenvalue weighted by atomic mass is 9.94. The van der Waals surface area contributed by atoms with Crippen molar-refractivity contribution in [1.82, 2.24) is 10.2 Å². The highest BCUT2D eigenvalue weighted by Crippen LogP contribution is 2.20. The molecule has 1 aromatic carbocycles. The molecule has 2 nitrogen and oxygen atoms in total. The number of hydrogen-bond acceptors (Lipinski definition) is 2. The number of rotatable bonds is 2. The maximum Gasteiger partial charge on any atom is 0.0235 e. The summed E-state index contributed by atoms with van der Waals surface area (Å²) in [4.78, 5) is 2.61. The minimum absolute atomic E-state index is 0.746. The maximum absolute atomic E-state index is 3.73. The molecule has 0 spiro atoms. The van der Waals surface area contributed by atoms with Crippen molar-refractivity contribution in [2.45, 2.75) is 37.9 Å². The molecule has 0 radical (unpaired) electrons. The second kappa shape index (κ2) is 4.56. The largest absolute Gasteiger partial charge is 0.309 e. The van der Waals surface area contributed by atoms with Crippen LogP contribution in [0.4, 0.5) is 0 Å². The summed E-state index contributed by atoms with van der Waals surface area (Å²) in [6.45, 7) is 3.58. The third kappa shape index (κ3) is 2.28. The molecule has 16 heavy (non-hydrogen) atoms. The molecule has 2 bridgehead atoms. The summed E-state index contributed by atoms with van der Waals surface area (Å²) < 4.78 is 0. The van der Waals surface area contributed by atoms with Crippen molar-refractivity contribution in [3.8, 4) is 0 Å². The van der Waals surface area contributed by atoms with Gasteiger partial charge in [0.25, 0.3) is 0 Å². The van der Waals surface area contributed by atoms with Crippen LogP contribution in [0.3, 0.4) is 0 Å². The number of benzene rings is 1. The molecular weight excluding hydrogens is 196 g/mol. The minimum atomic E-state index is 0.746. The van der Waals surface area contributed by atoms with E-state index in [9.17, 15) is 0 Å². The first-order valence-electron chi connectivity index (χ1n) is 6.42. The molecule has 2 heteroatoms. The molecule has 2 aliphatic heterocycles. The lowest BCUT2D eigenvalue weighted by Gasteiger charge is -2.42. The summed E-state index contributed by atoms with van der Waals surface area (Å²) in [5.41, 5.74) is 1.45. The molecule has 0 aliphatic carbocycles. The predicted octanol–water partition coefficient (Wildman–Crippen LogP) is 2.01. The van der Waals surface area contributed by atoms with Crippen molar-refractivity contribution in [2.75, 3.05) is 13.1 Å². The van der Waals surface area contributed by atoms with Gasteiger partial charge in [0.05, 0.1) is 0 Å². The molecule has 2 fully saturated rings. The van der Waals surface area contributed by atoms with Crippen LogP contribution in [0.5, 0.6) is 0 Å². The molecule has 1 N–H and O–H groups in total. The Morgan fingerprint density at radius 2 is 1.75 bits per heavy atom. The highest BCUT2D eigenvalue weighted by atomic mass is 15.2. The molecule has 2 atom stereocenters. The number of piperidine rings is 1. The standard InChI is InChI=1S/C14H20N2/c1-2-5-12(6-3-1)9-16-10-13-7-4-8-14(11-16)15-13/h1-3,5-6,13-15H,4,7-11H2/t13-,14?/m1/s1. The van der Waals surface area contributed by atoms with E-state index in [1.807, 2.05) is 0 Å². The lowest BCUT2D eigenvalue weighted by molar-refractivity contribution is 0.119. The van der Waals surface area contributed by atoms with Gasteiger partial charge in [-0.2, -0.15) is 0 Å². The van der Waals surface area contributed by atoms with Crippen molar-refractivity contribution in [1.29, 1.82) is 0 Å². The van der Waals surface area contributed by atoms with Crippen LogP contribution in [0, 0.1) is 0 Å². The molecule has 0 saturated carbocycles. The third-order valence-electron chi connectivity index (χ3n) is 3.78. The Morgan fingerprint density at radius 1 is 1.06 bits per heavy atom. The van der Waals surface area contributed by atoms with Gasteiger partial charge in [-0.25, -0.2) is 0 Å². The van der Waals surface area contributed by atoms with E-state index < -0.39 is 0 Å². The predicted molar refractivity (Wildman–Crippen MR) is 66.3 cm³/mol. The first-order chi connectivity index (χ1) is 7.90. The average molecular weight is 216 g/mol. The molecule has 86 valence electrons. The summed E-state index contributed by atoms with van der Waals surface area (Å²) in [6.07, 6.45) is 4.14.